The summed E-state index contributed by atoms with van der Waals surface area (Å²) in [4.78, 5) is 0. The highest BCUT2D eigenvalue weighted by Gasteiger charge is 2.20. The minimum absolute atomic E-state index is 0.227. The van der Waals surface area contributed by atoms with Gasteiger partial charge in [-0.25, -0.2) is 4.39 Å². The lowest BCUT2D eigenvalue weighted by atomic mass is 10.0. The summed E-state index contributed by atoms with van der Waals surface area (Å²) in [6.45, 7) is 1.99. The molecule has 20 heavy (non-hydrogen) atoms. The van der Waals surface area contributed by atoms with E-state index in [1.54, 1.807) is 6.07 Å². The molecule has 1 N–H and O–H groups in total. The number of hydrogen-bond acceptors (Lipinski definition) is 2. The smallest absolute Gasteiger partial charge is 0.139 e. The minimum Gasteiger partial charge on any atom is -0.377 e. The number of hydrogen-bond donors (Lipinski definition) is 1. The Labute approximate surface area is 131 Å². The number of thioether (sulfide) groups is 1. The second kappa shape index (κ2) is 5.78. The molecule has 1 unspecified atom stereocenters. The lowest BCUT2D eigenvalue weighted by Crippen LogP contribution is -2.19. The molecule has 1 aliphatic heterocycles. The monoisotopic (exact) mass is 351 g/mol. The van der Waals surface area contributed by atoms with E-state index in [-0.39, 0.29) is 11.9 Å². The molecule has 104 valence electrons. The van der Waals surface area contributed by atoms with Gasteiger partial charge in [-0.2, -0.15) is 11.8 Å². The number of benzene rings is 2. The third-order valence-corrected chi connectivity index (χ3v) is 5.26. The maximum atomic E-state index is 13.7. The largest absolute Gasteiger partial charge is 0.377 e. The van der Waals surface area contributed by atoms with Gasteiger partial charge in [-0.3, -0.25) is 0 Å². The Morgan fingerprint density at radius 3 is 2.95 bits per heavy atom. The molecular weight excluding hydrogens is 337 g/mol. The van der Waals surface area contributed by atoms with E-state index in [1.807, 2.05) is 24.8 Å². The molecule has 0 aliphatic carbocycles. The Morgan fingerprint density at radius 1 is 1.30 bits per heavy atom. The van der Waals surface area contributed by atoms with Gasteiger partial charge in [-0.15, -0.1) is 0 Å². The lowest BCUT2D eigenvalue weighted by molar-refractivity contribution is 0.620. The topological polar surface area (TPSA) is 12.0 Å². The van der Waals surface area contributed by atoms with Crippen molar-refractivity contribution in [3.8, 4) is 0 Å². The fourth-order valence-electron chi connectivity index (χ4n) is 2.49. The zero-order valence-corrected chi connectivity index (χ0v) is 13.5. The van der Waals surface area contributed by atoms with Crippen LogP contribution in [0.5, 0.6) is 0 Å². The Morgan fingerprint density at radius 2 is 2.10 bits per heavy atom. The molecule has 0 spiro atoms. The summed E-state index contributed by atoms with van der Waals surface area (Å²) >= 11 is 5.14. The van der Waals surface area contributed by atoms with E-state index in [4.69, 9.17) is 0 Å². The standard InChI is InChI=1S/C16H15BrFNS/c1-10-6-13(17)14(18)7-15(10)19-16-9-20-8-11-4-2-3-5-12(11)16/h2-7,16,19H,8-9H2,1H3. The minimum atomic E-state index is -0.227. The molecule has 1 atom stereocenters. The van der Waals surface area contributed by atoms with Crippen LogP contribution in [0.3, 0.4) is 0 Å². The highest BCUT2D eigenvalue weighted by atomic mass is 79.9. The van der Waals surface area contributed by atoms with Gasteiger partial charge in [0, 0.05) is 17.2 Å². The van der Waals surface area contributed by atoms with E-state index >= 15 is 0 Å². The predicted molar refractivity (Wildman–Crippen MR) is 87.8 cm³/mol. The summed E-state index contributed by atoms with van der Waals surface area (Å²) in [7, 11) is 0. The number of anilines is 1. The maximum absolute atomic E-state index is 13.7. The molecule has 0 bridgehead atoms. The molecule has 0 fully saturated rings. The van der Waals surface area contributed by atoms with Crippen molar-refractivity contribution in [2.24, 2.45) is 0 Å². The average Bonchev–Trinajstić information content (AvgIpc) is 2.45. The molecule has 3 rings (SSSR count). The van der Waals surface area contributed by atoms with Crippen LogP contribution >= 0.6 is 27.7 Å². The van der Waals surface area contributed by atoms with Crippen molar-refractivity contribution in [1.82, 2.24) is 0 Å². The molecule has 0 saturated heterocycles. The van der Waals surface area contributed by atoms with Crippen LogP contribution in [0.15, 0.2) is 40.9 Å². The van der Waals surface area contributed by atoms with Crippen LogP contribution < -0.4 is 5.32 Å². The molecule has 0 amide bonds. The Kier molecular flexibility index (Phi) is 4.03. The first kappa shape index (κ1) is 14.0. The second-order valence-electron chi connectivity index (χ2n) is 4.99. The fraction of sp³-hybridized carbons (Fsp3) is 0.250. The Bertz CT molecular complexity index is 644. The quantitative estimate of drug-likeness (QED) is 0.788. The molecule has 2 aromatic carbocycles. The Balaban J connectivity index is 1.91. The summed E-state index contributed by atoms with van der Waals surface area (Å²) in [5.41, 5.74) is 4.62. The van der Waals surface area contributed by atoms with Gasteiger partial charge in [0.05, 0.1) is 10.5 Å². The molecular formula is C16H15BrFNS. The van der Waals surface area contributed by atoms with Crippen molar-refractivity contribution in [1.29, 1.82) is 0 Å². The molecule has 1 aliphatic rings. The van der Waals surface area contributed by atoms with Gasteiger partial charge in [-0.1, -0.05) is 24.3 Å². The van der Waals surface area contributed by atoms with Gasteiger partial charge in [0.1, 0.15) is 5.82 Å². The van der Waals surface area contributed by atoms with Gasteiger partial charge in [-0.05, 0) is 51.7 Å². The van der Waals surface area contributed by atoms with Crippen molar-refractivity contribution in [3.05, 3.63) is 63.4 Å². The van der Waals surface area contributed by atoms with Crippen LogP contribution in [0, 0.1) is 12.7 Å². The summed E-state index contributed by atoms with van der Waals surface area (Å²) in [6, 6.07) is 12.1. The number of rotatable bonds is 2. The SMILES string of the molecule is Cc1cc(Br)c(F)cc1NC1CSCc2ccccc21. The maximum Gasteiger partial charge on any atom is 0.139 e. The predicted octanol–water partition coefficient (Wildman–Crippen LogP) is 5.30. The van der Waals surface area contributed by atoms with Crippen LogP contribution in [0.4, 0.5) is 10.1 Å². The normalized spacial score (nSPS) is 17.6. The van der Waals surface area contributed by atoms with Gasteiger partial charge < -0.3 is 5.32 Å². The molecule has 1 heterocycles. The van der Waals surface area contributed by atoms with Crippen molar-refractivity contribution in [2.45, 2.75) is 18.7 Å². The molecule has 2 aromatic rings. The first-order chi connectivity index (χ1) is 9.65. The van der Waals surface area contributed by atoms with Crippen molar-refractivity contribution >= 4 is 33.4 Å². The third-order valence-electron chi connectivity index (χ3n) is 3.57. The summed E-state index contributed by atoms with van der Waals surface area (Å²) in [5, 5.41) is 3.49. The molecule has 0 aromatic heterocycles. The average molecular weight is 352 g/mol. The Hall–Kier alpha value is -1.00. The van der Waals surface area contributed by atoms with Crippen LogP contribution in [0.1, 0.15) is 22.7 Å². The van der Waals surface area contributed by atoms with E-state index in [0.717, 1.165) is 22.8 Å². The van der Waals surface area contributed by atoms with Crippen LogP contribution in [-0.2, 0) is 5.75 Å². The molecule has 4 heteroatoms. The second-order valence-corrected chi connectivity index (χ2v) is 6.88. The van der Waals surface area contributed by atoms with E-state index in [0.29, 0.717) is 4.47 Å². The zero-order chi connectivity index (χ0) is 14.1. The van der Waals surface area contributed by atoms with Crippen molar-refractivity contribution < 1.29 is 4.39 Å². The van der Waals surface area contributed by atoms with Crippen LogP contribution in [-0.4, -0.2) is 5.75 Å². The first-order valence-electron chi connectivity index (χ1n) is 6.53. The molecule has 0 saturated carbocycles. The number of fused-ring (bicyclic) bond motifs is 1. The molecule has 1 nitrogen and oxygen atoms in total. The zero-order valence-electron chi connectivity index (χ0n) is 11.1. The number of nitrogens with one attached hydrogen (secondary N) is 1. The van der Waals surface area contributed by atoms with E-state index in [2.05, 4.69) is 45.5 Å². The highest BCUT2D eigenvalue weighted by molar-refractivity contribution is 9.10. The van der Waals surface area contributed by atoms with Gasteiger partial charge in [0.2, 0.25) is 0 Å². The van der Waals surface area contributed by atoms with Gasteiger partial charge >= 0.3 is 0 Å². The van der Waals surface area contributed by atoms with E-state index in [1.165, 1.54) is 11.1 Å². The van der Waals surface area contributed by atoms with Gasteiger partial charge in [0.15, 0.2) is 0 Å². The fourth-order valence-corrected chi connectivity index (χ4v) is 4.05. The summed E-state index contributed by atoms with van der Waals surface area (Å²) in [5.74, 6) is 1.84. The van der Waals surface area contributed by atoms with Crippen molar-refractivity contribution in [3.63, 3.8) is 0 Å². The van der Waals surface area contributed by atoms with Crippen molar-refractivity contribution in [2.75, 3.05) is 11.1 Å². The van der Waals surface area contributed by atoms with Crippen LogP contribution in [0.2, 0.25) is 0 Å². The van der Waals surface area contributed by atoms with E-state index < -0.39 is 0 Å². The summed E-state index contributed by atoms with van der Waals surface area (Å²) < 4.78 is 14.2. The number of halogens is 2. The highest BCUT2D eigenvalue weighted by Crippen LogP contribution is 2.35. The first-order valence-corrected chi connectivity index (χ1v) is 8.47. The third kappa shape index (κ3) is 2.72. The van der Waals surface area contributed by atoms with Gasteiger partial charge in [0.25, 0.3) is 0 Å². The number of aryl methyl sites for hydroxylation is 1. The van der Waals surface area contributed by atoms with E-state index in [9.17, 15) is 4.39 Å². The molecule has 0 radical (unpaired) electrons. The lowest BCUT2D eigenvalue weighted by Gasteiger charge is -2.27. The summed E-state index contributed by atoms with van der Waals surface area (Å²) in [6.07, 6.45) is 0. The van der Waals surface area contributed by atoms with Crippen LogP contribution in [0.25, 0.3) is 0 Å².